The summed E-state index contributed by atoms with van der Waals surface area (Å²) in [6.45, 7) is 3.84. The van der Waals surface area contributed by atoms with Crippen LogP contribution < -0.4 is 11.1 Å². The number of carbonyl (C=O) groups is 1. The fourth-order valence-corrected chi connectivity index (χ4v) is 3.18. The van der Waals surface area contributed by atoms with E-state index in [-0.39, 0.29) is 16.9 Å². The number of aliphatic hydroxyl groups is 1. The summed E-state index contributed by atoms with van der Waals surface area (Å²) in [6, 6.07) is -0.165. The van der Waals surface area contributed by atoms with Crippen molar-refractivity contribution in [3.05, 3.63) is 0 Å². The minimum Gasteiger partial charge on any atom is -0.392 e. The Morgan fingerprint density at radius 2 is 1.89 bits per heavy atom. The van der Waals surface area contributed by atoms with Crippen LogP contribution in [-0.4, -0.2) is 28.1 Å². The second-order valence-corrected chi connectivity index (χ2v) is 5.88. The van der Waals surface area contributed by atoms with E-state index in [1.54, 1.807) is 0 Å². The van der Waals surface area contributed by atoms with Gasteiger partial charge in [0.25, 0.3) is 0 Å². The van der Waals surface area contributed by atoms with Crippen molar-refractivity contribution in [3.8, 4) is 0 Å². The molecule has 0 bridgehead atoms. The van der Waals surface area contributed by atoms with Gasteiger partial charge < -0.3 is 16.2 Å². The fraction of sp³-hybridized carbons (Fsp3) is 0.857. The monoisotopic (exact) mass is 286 g/mol. The molecule has 2 unspecified atom stereocenters. The number of rotatable bonds is 5. The van der Waals surface area contributed by atoms with Crippen LogP contribution in [0.25, 0.3) is 0 Å². The molecule has 110 valence electrons. The van der Waals surface area contributed by atoms with Crippen molar-refractivity contribution in [2.24, 2.45) is 11.1 Å². The van der Waals surface area contributed by atoms with Crippen LogP contribution in [0.3, 0.4) is 0 Å². The second-order valence-electron chi connectivity index (χ2n) is 5.44. The first-order valence-electron chi connectivity index (χ1n) is 7.26. The quantitative estimate of drug-likeness (QED) is 0.533. The lowest BCUT2D eigenvalue weighted by Gasteiger charge is -2.32. The average molecular weight is 286 g/mol. The van der Waals surface area contributed by atoms with Crippen molar-refractivity contribution in [3.63, 3.8) is 0 Å². The van der Waals surface area contributed by atoms with E-state index in [1.165, 1.54) is 0 Å². The number of thiocarbonyl (C=S) groups is 1. The van der Waals surface area contributed by atoms with Gasteiger partial charge in [-0.25, -0.2) is 0 Å². The van der Waals surface area contributed by atoms with Gasteiger partial charge in [0.2, 0.25) is 5.91 Å². The van der Waals surface area contributed by atoms with E-state index in [2.05, 4.69) is 5.32 Å². The Morgan fingerprint density at radius 1 is 1.32 bits per heavy atom. The molecule has 1 aliphatic carbocycles. The fourth-order valence-electron chi connectivity index (χ4n) is 2.79. The van der Waals surface area contributed by atoms with E-state index < -0.39 is 11.5 Å². The summed E-state index contributed by atoms with van der Waals surface area (Å²) >= 11 is 5.08. The molecule has 1 saturated carbocycles. The molecular weight excluding hydrogens is 260 g/mol. The summed E-state index contributed by atoms with van der Waals surface area (Å²) in [5, 5.41) is 13.0. The van der Waals surface area contributed by atoms with Crippen molar-refractivity contribution < 1.29 is 9.90 Å². The molecule has 1 aliphatic rings. The van der Waals surface area contributed by atoms with Crippen LogP contribution in [0.4, 0.5) is 0 Å². The highest BCUT2D eigenvalue weighted by atomic mass is 32.1. The summed E-state index contributed by atoms with van der Waals surface area (Å²) in [7, 11) is 0. The number of aliphatic hydroxyl groups excluding tert-OH is 1. The van der Waals surface area contributed by atoms with Crippen LogP contribution in [0.1, 0.15) is 58.8 Å². The molecule has 1 rings (SSSR count). The Hall–Kier alpha value is -0.680. The van der Waals surface area contributed by atoms with Gasteiger partial charge in [0.1, 0.15) is 0 Å². The molecule has 1 amide bonds. The van der Waals surface area contributed by atoms with E-state index >= 15 is 0 Å². The molecule has 0 aromatic carbocycles. The highest BCUT2D eigenvalue weighted by Gasteiger charge is 2.39. The first kappa shape index (κ1) is 16.4. The van der Waals surface area contributed by atoms with Gasteiger partial charge in [-0.2, -0.15) is 0 Å². The number of hydrogen-bond donors (Lipinski definition) is 3. The first-order chi connectivity index (χ1) is 8.97. The second kappa shape index (κ2) is 7.20. The van der Waals surface area contributed by atoms with E-state index in [9.17, 15) is 9.90 Å². The Bertz CT molecular complexity index is 329. The normalized spacial score (nSPS) is 24.6. The van der Waals surface area contributed by atoms with E-state index in [4.69, 9.17) is 18.0 Å². The van der Waals surface area contributed by atoms with Gasteiger partial charge in [0, 0.05) is 0 Å². The molecule has 4 N–H and O–H groups in total. The third-order valence-electron chi connectivity index (χ3n) is 4.41. The molecule has 0 aromatic rings. The number of hydrogen-bond acceptors (Lipinski definition) is 3. The highest BCUT2D eigenvalue weighted by molar-refractivity contribution is 7.80. The van der Waals surface area contributed by atoms with Gasteiger partial charge in [-0.3, -0.25) is 4.79 Å². The Kier molecular flexibility index (Phi) is 6.20. The smallest absolute Gasteiger partial charge is 0.233 e. The lowest BCUT2D eigenvalue weighted by molar-refractivity contribution is -0.129. The zero-order valence-electron chi connectivity index (χ0n) is 11.9. The van der Waals surface area contributed by atoms with Crippen molar-refractivity contribution in [1.29, 1.82) is 0 Å². The standard InChI is InChI=1S/C14H26N2O2S/c1-3-14(4-2,12(15)19)13(18)16-10-8-6-5-7-9-11(10)17/h10-11,17H,3-9H2,1-2H3,(H2,15,19)(H,16,18). The topological polar surface area (TPSA) is 75.3 Å². The predicted molar refractivity (Wildman–Crippen MR) is 80.8 cm³/mol. The van der Waals surface area contributed by atoms with Crippen LogP contribution in [0.2, 0.25) is 0 Å². The highest BCUT2D eigenvalue weighted by Crippen LogP contribution is 2.28. The number of nitrogens with one attached hydrogen (secondary N) is 1. The summed E-state index contributed by atoms with van der Waals surface area (Å²) < 4.78 is 0. The molecule has 0 aromatic heterocycles. The van der Waals surface area contributed by atoms with Crippen LogP contribution in [0.15, 0.2) is 0 Å². The average Bonchev–Trinajstić information content (AvgIpc) is 2.57. The summed E-state index contributed by atoms with van der Waals surface area (Å²) in [5.74, 6) is -0.129. The number of amides is 1. The summed E-state index contributed by atoms with van der Waals surface area (Å²) in [5.41, 5.74) is 5.00. The lowest BCUT2D eigenvalue weighted by Crippen LogP contribution is -2.53. The molecule has 5 heteroatoms. The molecule has 0 spiro atoms. The minimum atomic E-state index is -0.776. The zero-order chi connectivity index (χ0) is 14.5. The molecule has 4 nitrogen and oxygen atoms in total. The van der Waals surface area contributed by atoms with E-state index in [0.29, 0.717) is 12.8 Å². The maximum Gasteiger partial charge on any atom is 0.233 e. The molecule has 2 atom stereocenters. The Labute approximate surface area is 121 Å². The van der Waals surface area contributed by atoms with Crippen LogP contribution in [-0.2, 0) is 4.79 Å². The third-order valence-corrected chi connectivity index (χ3v) is 4.80. The Balaban J connectivity index is 2.78. The van der Waals surface area contributed by atoms with E-state index in [1.807, 2.05) is 13.8 Å². The van der Waals surface area contributed by atoms with Crippen molar-refractivity contribution >= 4 is 23.1 Å². The molecule has 0 saturated heterocycles. The maximum atomic E-state index is 12.5. The largest absolute Gasteiger partial charge is 0.392 e. The summed E-state index contributed by atoms with van der Waals surface area (Å²) in [4.78, 5) is 12.8. The summed E-state index contributed by atoms with van der Waals surface area (Å²) in [6.07, 6.45) is 5.49. The van der Waals surface area contributed by atoms with Crippen molar-refractivity contribution in [1.82, 2.24) is 5.32 Å². The maximum absolute atomic E-state index is 12.5. The third kappa shape index (κ3) is 3.66. The molecule has 1 fully saturated rings. The molecule has 0 heterocycles. The minimum absolute atomic E-state index is 0.129. The SMILES string of the molecule is CCC(CC)(C(=O)NC1CCCCCC1O)C(N)=S. The zero-order valence-corrected chi connectivity index (χ0v) is 12.8. The van der Waals surface area contributed by atoms with Gasteiger partial charge in [0.05, 0.1) is 22.5 Å². The van der Waals surface area contributed by atoms with Crippen LogP contribution >= 0.6 is 12.2 Å². The van der Waals surface area contributed by atoms with Gasteiger partial charge in [-0.15, -0.1) is 0 Å². The molecule has 0 aliphatic heterocycles. The predicted octanol–water partition coefficient (Wildman–Crippen LogP) is 1.89. The van der Waals surface area contributed by atoms with Crippen LogP contribution in [0.5, 0.6) is 0 Å². The van der Waals surface area contributed by atoms with Gasteiger partial charge in [-0.05, 0) is 25.7 Å². The van der Waals surface area contributed by atoms with Crippen molar-refractivity contribution in [2.75, 3.05) is 0 Å². The molecule has 0 radical (unpaired) electrons. The Morgan fingerprint density at radius 3 is 2.42 bits per heavy atom. The van der Waals surface area contributed by atoms with E-state index in [0.717, 1.165) is 32.1 Å². The number of nitrogens with two attached hydrogens (primary N) is 1. The molecule has 19 heavy (non-hydrogen) atoms. The lowest BCUT2D eigenvalue weighted by atomic mass is 9.81. The van der Waals surface area contributed by atoms with Gasteiger partial charge >= 0.3 is 0 Å². The first-order valence-corrected chi connectivity index (χ1v) is 7.67. The number of carbonyl (C=O) groups excluding carboxylic acids is 1. The van der Waals surface area contributed by atoms with Crippen LogP contribution in [0, 0.1) is 5.41 Å². The molecular formula is C14H26N2O2S. The van der Waals surface area contributed by atoms with Crippen molar-refractivity contribution in [2.45, 2.75) is 70.9 Å². The van der Waals surface area contributed by atoms with Gasteiger partial charge in [0.15, 0.2) is 0 Å². The van der Waals surface area contributed by atoms with Gasteiger partial charge in [-0.1, -0.05) is 45.3 Å².